The van der Waals surface area contributed by atoms with Crippen LogP contribution in [0.2, 0.25) is 0 Å². The number of rotatable bonds is 4. The molecule has 1 aromatic carbocycles. The summed E-state index contributed by atoms with van der Waals surface area (Å²) in [7, 11) is 8.19. The zero-order valence-corrected chi connectivity index (χ0v) is 11.9. The van der Waals surface area contributed by atoms with Crippen LogP contribution in [-0.4, -0.2) is 44.0 Å². The molecule has 2 aromatic rings. The molecule has 0 saturated heterocycles. The predicted octanol–water partition coefficient (Wildman–Crippen LogP) is 1.56. The lowest BCUT2D eigenvalue weighted by molar-refractivity contribution is 0.241. The Balaban J connectivity index is 2.35. The summed E-state index contributed by atoms with van der Waals surface area (Å²) in [6.45, 7) is 3.22. The zero-order chi connectivity index (χ0) is 13.3. The maximum absolute atomic E-state index is 5.25. The minimum atomic E-state index is 0.131. The van der Waals surface area contributed by atoms with E-state index in [0.29, 0.717) is 0 Å². The Morgan fingerprint density at radius 1 is 1.33 bits per heavy atom. The topological polar surface area (TPSA) is 17.4 Å². The second kappa shape index (κ2) is 4.69. The molecule has 96 valence electrons. The summed E-state index contributed by atoms with van der Waals surface area (Å²) >= 11 is 0. The van der Waals surface area contributed by atoms with E-state index >= 15 is 0 Å². The summed E-state index contributed by atoms with van der Waals surface area (Å²) in [5, 5.41) is 1.23. The van der Waals surface area contributed by atoms with Gasteiger partial charge >= 0.3 is 0 Å². The van der Waals surface area contributed by atoms with Crippen molar-refractivity contribution in [1.82, 2.24) is 9.47 Å². The van der Waals surface area contributed by atoms with Gasteiger partial charge in [-0.2, -0.15) is 0 Å². The van der Waals surface area contributed by atoms with Gasteiger partial charge in [0.25, 0.3) is 0 Å². The summed E-state index contributed by atoms with van der Waals surface area (Å²) in [5.74, 6) is 0.909. The summed E-state index contributed by atoms with van der Waals surface area (Å²) in [4.78, 5) is 2.25. The number of ether oxygens (including phenoxy) is 1. The van der Waals surface area contributed by atoms with Gasteiger partial charge in [0.15, 0.2) is 0 Å². The van der Waals surface area contributed by atoms with Gasteiger partial charge in [0.2, 0.25) is 0 Å². The number of likely N-dealkylation sites (N-methyl/N-ethyl adjacent to an activating group) is 1. The van der Waals surface area contributed by atoms with Gasteiger partial charge in [-0.25, -0.2) is 0 Å². The Hall–Kier alpha value is -1.42. The highest BCUT2D eigenvalue weighted by molar-refractivity contribution is 6.14. The molecule has 0 spiro atoms. The maximum Gasteiger partial charge on any atom is 0.129 e. The molecule has 2 rings (SSSR count). The van der Waals surface area contributed by atoms with Crippen LogP contribution in [0.5, 0.6) is 5.75 Å². The van der Waals surface area contributed by atoms with Crippen LogP contribution in [0, 0.1) is 0 Å². The van der Waals surface area contributed by atoms with Gasteiger partial charge in [0.05, 0.1) is 7.11 Å². The number of fused-ring (bicyclic) bond motifs is 1. The van der Waals surface area contributed by atoms with Gasteiger partial charge in [-0.15, -0.1) is 0 Å². The fourth-order valence-electron chi connectivity index (χ4n) is 2.00. The van der Waals surface area contributed by atoms with E-state index in [2.05, 4.69) is 62.7 Å². The van der Waals surface area contributed by atoms with Crippen LogP contribution in [0.3, 0.4) is 0 Å². The SMILES string of the molecule is B[C@@](C)(Cn1ccc2cc(OC)ccc21)N(C)C. The van der Waals surface area contributed by atoms with Crippen molar-refractivity contribution in [2.24, 2.45) is 0 Å². The van der Waals surface area contributed by atoms with E-state index in [1.807, 2.05) is 6.07 Å². The van der Waals surface area contributed by atoms with Gasteiger partial charge in [-0.3, -0.25) is 0 Å². The van der Waals surface area contributed by atoms with Crippen LogP contribution in [0.1, 0.15) is 6.92 Å². The lowest BCUT2D eigenvalue weighted by Gasteiger charge is -2.33. The summed E-state index contributed by atoms with van der Waals surface area (Å²) in [6.07, 6.45) is 2.15. The van der Waals surface area contributed by atoms with Crippen molar-refractivity contribution in [3.63, 3.8) is 0 Å². The van der Waals surface area contributed by atoms with Crippen molar-refractivity contribution in [1.29, 1.82) is 0 Å². The molecular weight excluding hydrogens is 223 g/mol. The quantitative estimate of drug-likeness (QED) is 0.759. The van der Waals surface area contributed by atoms with Gasteiger partial charge in [-0.1, -0.05) is 6.92 Å². The molecule has 1 aromatic heterocycles. The van der Waals surface area contributed by atoms with Gasteiger partial charge in [-0.05, 0) is 38.4 Å². The van der Waals surface area contributed by atoms with Gasteiger partial charge in [0.1, 0.15) is 13.6 Å². The second-order valence-electron chi connectivity index (χ2n) is 5.58. The van der Waals surface area contributed by atoms with Crippen LogP contribution in [0.4, 0.5) is 0 Å². The third kappa shape index (κ3) is 2.39. The Kier molecular flexibility index (Phi) is 3.39. The van der Waals surface area contributed by atoms with Crippen molar-refractivity contribution >= 4 is 18.7 Å². The van der Waals surface area contributed by atoms with Crippen molar-refractivity contribution in [2.75, 3.05) is 21.2 Å². The van der Waals surface area contributed by atoms with Gasteiger partial charge in [0, 0.05) is 29.1 Å². The molecule has 0 saturated carbocycles. The van der Waals surface area contributed by atoms with Crippen LogP contribution < -0.4 is 4.74 Å². The van der Waals surface area contributed by atoms with Crippen molar-refractivity contribution < 1.29 is 4.74 Å². The first-order chi connectivity index (χ1) is 8.44. The zero-order valence-electron chi connectivity index (χ0n) is 11.9. The first-order valence-electron chi connectivity index (χ1n) is 6.24. The van der Waals surface area contributed by atoms with Crippen LogP contribution in [0.25, 0.3) is 10.9 Å². The average molecular weight is 244 g/mol. The number of nitrogens with zero attached hydrogens (tertiary/aromatic N) is 2. The van der Waals surface area contributed by atoms with E-state index in [-0.39, 0.29) is 5.44 Å². The molecule has 3 nitrogen and oxygen atoms in total. The normalized spacial score (nSPS) is 14.9. The molecule has 0 fully saturated rings. The number of hydrogen-bond acceptors (Lipinski definition) is 2. The minimum absolute atomic E-state index is 0.131. The molecule has 1 atom stereocenters. The third-order valence-electron chi connectivity index (χ3n) is 3.75. The monoisotopic (exact) mass is 244 g/mol. The summed E-state index contributed by atoms with van der Waals surface area (Å²) in [5.41, 5.74) is 1.39. The second-order valence-corrected chi connectivity index (χ2v) is 5.58. The smallest absolute Gasteiger partial charge is 0.129 e. The number of hydrogen-bond donors (Lipinski definition) is 0. The van der Waals surface area contributed by atoms with Crippen molar-refractivity contribution in [3.8, 4) is 5.75 Å². The minimum Gasteiger partial charge on any atom is -0.497 e. The standard InChI is InChI=1S/C14H21BN2O/c1-14(15,16(2)3)10-17-8-7-11-9-12(18-4)5-6-13(11)17/h5-9H,10,15H2,1-4H3/t14-/m1/s1. The lowest BCUT2D eigenvalue weighted by Crippen LogP contribution is -2.45. The fraction of sp³-hybridized carbons (Fsp3) is 0.429. The highest BCUT2D eigenvalue weighted by Crippen LogP contribution is 2.23. The Morgan fingerprint density at radius 3 is 2.67 bits per heavy atom. The summed E-state index contributed by atoms with van der Waals surface area (Å²) in [6, 6.07) is 8.36. The molecule has 18 heavy (non-hydrogen) atoms. The predicted molar refractivity (Wildman–Crippen MR) is 79.1 cm³/mol. The Morgan fingerprint density at radius 2 is 2.06 bits per heavy atom. The molecule has 4 heteroatoms. The van der Waals surface area contributed by atoms with Crippen LogP contribution in [0.15, 0.2) is 30.5 Å². The Bertz CT molecular complexity index is 546. The van der Waals surface area contributed by atoms with Gasteiger partial charge < -0.3 is 14.2 Å². The van der Waals surface area contributed by atoms with E-state index in [1.54, 1.807) is 7.11 Å². The Labute approximate surface area is 110 Å². The van der Waals surface area contributed by atoms with Crippen molar-refractivity contribution in [3.05, 3.63) is 30.5 Å². The maximum atomic E-state index is 5.25. The largest absolute Gasteiger partial charge is 0.497 e. The fourth-order valence-corrected chi connectivity index (χ4v) is 2.00. The molecule has 1 heterocycles. The summed E-state index contributed by atoms with van der Waals surface area (Å²) < 4.78 is 7.55. The van der Waals surface area contributed by atoms with E-state index < -0.39 is 0 Å². The average Bonchev–Trinajstić information content (AvgIpc) is 2.71. The van der Waals surface area contributed by atoms with Crippen LogP contribution >= 0.6 is 0 Å². The number of methoxy groups -OCH3 is 1. The first-order valence-corrected chi connectivity index (χ1v) is 6.24. The molecular formula is C14H21BN2O. The first kappa shape index (κ1) is 13.0. The molecule has 0 amide bonds. The van der Waals surface area contributed by atoms with E-state index in [9.17, 15) is 0 Å². The molecule has 0 radical (unpaired) electrons. The molecule has 0 aliphatic rings. The van der Waals surface area contributed by atoms with Crippen molar-refractivity contribution in [2.45, 2.75) is 18.9 Å². The molecule has 0 N–H and O–H groups in total. The molecule has 0 aliphatic heterocycles. The number of aromatic nitrogens is 1. The highest BCUT2D eigenvalue weighted by Gasteiger charge is 2.21. The lowest BCUT2D eigenvalue weighted by atomic mass is 9.78. The number of benzene rings is 1. The van der Waals surface area contributed by atoms with E-state index in [4.69, 9.17) is 4.74 Å². The van der Waals surface area contributed by atoms with E-state index in [0.717, 1.165) is 12.3 Å². The van der Waals surface area contributed by atoms with E-state index in [1.165, 1.54) is 10.9 Å². The molecule has 0 aliphatic carbocycles. The highest BCUT2D eigenvalue weighted by atomic mass is 16.5. The molecule has 0 bridgehead atoms. The molecule has 0 unspecified atom stereocenters. The van der Waals surface area contributed by atoms with Crippen LogP contribution in [-0.2, 0) is 6.54 Å². The third-order valence-corrected chi connectivity index (χ3v) is 3.75.